The van der Waals surface area contributed by atoms with Crippen molar-refractivity contribution in [1.82, 2.24) is 25.1 Å². The van der Waals surface area contributed by atoms with E-state index in [4.69, 9.17) is 17.3 Å². The topological polar surface area (TPSA) is 137 Å². The molecule has 0 aliphatic carbocycles. The maximum absolute atomic E-state index is 15.2. The van der Waals surface area contributed by atoms with E-state index in [0.717, 1.165) is 42.8 Å². The number of rotatable bonds is 7. The standard InChI is InChI=1S/C27H35ClFN9O/c1-15-10-21(32-26-31-13-19(28)24(35-26)34-23-11-16(2)36-37-23)20(29)12-18(15)17-6-8-38(9-7-17)14-22(30)33-25(39)27(3,4)5/h10-13,17H,6-9,14H2,1-5H3,(H2,30,33,39)(H3,31,32,34,35,36,37). The van der Waals surface area contributed by atoms with Gasteiger partial charge in [-0.2, -0.15) is 15.1 Å². The van der Waals surface area contributed by atoms with Gasteiger partial charge >= 0.3 is 0 Å². The maximum Gasteiger partial charge on any atom is 0.252 e. The van der Waals surface area contributed by atoms with Crippen LogP contribution in [-0.4, -0.2) is 56.4 Å². The van der Waals surface area contributed by atoms with Gasteiger partial charge in [0.15, 0.2) is 11.6 Å². The van der Waals surface area contributed by atoms with Crippen LogP contribution in [0.15, 0.2) is 29.4 Å². The summed E-state index contributed by atoms with van der Waals surface area (Å²) in [5, 5.41) is 13.3. The van der Waals surface area contributed by atoms with Gasteiger partial charge in [0, 0.05) is 17.2 Å². The average Bonchev–Trinajstić information content (AvgIpc) is 3.27. The molecule has 10 nitrogen and oxygen atoms in total. The third-order valence-electron chi connectivity index (χ3n) is 6.60. The third kappa shape index (κ3) is 7.30. The summed E-state index contributed by atoms with van der Waals surface area (Å²) in [7, 11) is 0. The SMILES string of the molecule is Cc1cc(Nc2nc(Nc3cc(C)c(C4CCN(CC(N)=NC(=O)C(C)(C)C)CC4)cc3F)ncc2Cl)n[nH]1. The van der Waals surface area contributed by atoms with E-state index in [9.17, 15) is 4.79 Å². The number of hydrogen-bond donors (Lipinski definition) is 4. The van der Waals surface area contributed by atoms with Gasteiger partial charge in [0.2, 0.25) is 5.95 Å². The highest BCUT2D eigenvalue weighted by Gasteiger charge is 2.25. The number of halogens is 2. The number of amidine groups is 1. The largest absolute Gasteiger partial charge is 0.386 e. The third-order valence-corrected chi connectivity index (χ3v) is 6.88. The number of aryl methyl sites for hydroxylation is 2. The van der Waals surface area contributed by atoms with Gasteiger partial charge in [-0.25, -0.2) is 9.37 Å². The van der Waals surface area contributed by atoms with Gasteiger partial charge in [-0.05, 0) is 69.0 Å². The van der Waals surface area contributed by atoms with E-state index >= 15 is 4.39 Å². The van der Waals surface area contributed by atoms with Crippen molar-refractivity contribution in [2.75, 3.05) is 30.3 Å². The number of benzene rings is 1. The number of likely N-dealkylation sites (tertiary alicyclic amines) is 1. The molecule has 0 atom stereocenters. The highest BCUT2D eigenvalue weighted by atomic mass is 35.5. The lowest BCUT2D eigenvalue weighted by atomic mass is 9.86. The summed E-state index contributed by atoms with van der Waals surface area (Å²) in [4.78, 5) is 26.9. The number of anilines is 4. The quantitative estimate of drug-likeness (QED) is 0.230. The Balaban J connectivity index is 1.40. The molecule has 39 heavy (non-hydrogen) atoms. The lowest BCUT2D eigenvalue weighted by molar-refractivity contribution is -0.124. The van der Waals surface area contributed by atoms with Crippen molar-refractivity contribution in [2.24, 2.45) is 16.1 Å². The van der Waals surface area contributed by atoms with Gasteiger partial charge in [0.25, 0.3) is 5.91 Å². The number of piperidine rings is 1. The van der Waals surface area contributed by atoms with E-state index < -0.39 is 5.41 Å². The molecule has 3 aromatic rings. The number of amides is 1. The molecule has 12 heteroatoms. The molecular formula is C27H35ClFN9O. The van der Waals surface area contributed by atoms with E-state index in [0.29, 0.717) is 29.0 Å². The smallest absolute Gasteiger partial charge is 0.252 e. The number of hydrogen-bond acceptors (Lipinski definition) is 7. The number of aliphatic imine (C=N–C) groups is 1. The summed E-state index contributed by atoms with van der Waals surface area (Å²) in [5.74, 6) is 1.06. The van der Waals surface area contributed by atoms with Crippen LogP contribution in [0.3, 0.4) is 0 Å². The van der Waals surface area contributed by atoms with Crippen LogP contribution in [0.25, 0.3) is 0 Å². The van der Waals surface area contributed by atoms with Crippen molar-refractivity contribution in [3.63, 3.8) is 0 Å². The van der Waals surface area contributed by atoms with E-state index in [1.165, 1.54) is 6.20 Å². The van der Waals surface area contributed by atoms with E-state index in [2.05, 4.69) is 40.7 Å². The predicted octanol–water partition coefficient (Wildman–Crippen LogP) is 5.21. The van der Waals surface area contributed by atoms with Crippen molar-refractivity contribution < 1.29 is 9.18 Å². The number of aromatic nitrogens is 4. The molecule has 4 rings (SSSR count). The van der Waals surface area contributed by atoms with Crippen LogP contribution >= 0.6 is 11.6 Å². The lowest BCUT2D eigenvalue weighted by Gasteiger charge is -2.32. The van der Waals surface area contributed by atoms with Gasteiger partial charge < -0.3 is 16.4 Å². The number of nitrogens with two attached hydrogens (primary N) is 1. The molecule has 1 amide bonds. The molecule has 1 fully saturated rings. The molecule has 0 saturated carbocycles. The van der Waals surface area contributed by atoms with Gasteiger partial charge in [0.05, 0.1) is 18.4 Å². The molecule has 0 radical (unpaired) electrons. The Morgan fingerprint density at radius 2 is 1.95 bits per heavy atom. The highest BCUT2D eigenvalue weighted by Crippen LogP contribution is 2.34. The Bertz CT molecular complexity index is 1370. The van der Waals surface area contributed by atoms with Crippen LogP contribution in [0.4, 0.5) is 27.7 Å². The monoisotopic (exact) mass is 555 g/mol. The number of carbonyl (C=O) groups is 1. The average molecular weight is 556 g/mol. The fourth-order valence-electron chi connectivity index (χ4n) is 4.44. The molecule has 208 valence electrons. The van der Waals surface area contributed by atoms with Crippen molar-refractivity contribution in [2.45, 2.75) is 53.4 Å². The van der Waals surface area contributed by atoms with Crippen LogP contribution in [-0.2, 0) is 4.79 Å². The molecule has 2 aromatic heterocycles. The van der Waals surface area contributed by atoms with E-state index in [1.807, 2.05) is 40.7 Å². The first kappa shape index (κ1) is 28.4. The number of carbonyl (C=O) groups excluding carboxylic acids is 1. The van der Waals surface area contributed by atoms with Gasteiger partial charge in [-0.3, -0.25) is 14.8 Å². The Labute approximate surface area is 232 Å². The lowest BCUT2D eigenvalue weighted by Crippen LogP contribution is -2.40. The van der Waals surface area contributed by atoms with Crippen LogP contribution in [0, 0.1) is 25.1 Å². The van der Waals surface area contributed by atoms with E-state index in [1.54, 1.807) is 12.1 Å². The van der Waals surface area contributed by atoms with Crippen molar-refractivity contribution in [3.05, 3.63) is 52.1 Å². The van der Waals surface area contributed by atoms with Crippen LogP contribution in [0.5, 0.6) is 0 Å². The summed E-state index contributed by atoms with van der Waals surface area (Å²) in [6.45, 7) is 11.3. The number of aromatic amines is 1. The summed E-state index contributed by atoms with van der Waals surface area (Å²) < 4.78 is 15.2. The number of nitrogens with zero attached hydrogens (tertiary/aromatic N) is 5. The fraction of sp³-hybridized carbons (Fsp3) is 0.444. The Morgan fingerprint density at radius 1 is 1.23 bits per heavy atom. The molecular weight excluding hydrogens is 521 g/mol. The summed E-state index contributed by atoms with van der Waals surface area (Å²) >= 11 is 6.24. The summed E-state index contributed by atoms with van der Waals surface area (Å²) in [5.41, 5.74) is 8.61. The first-order chi connectivity index (χ1) is 18.4. The molecule has 0 unspecified atom stereocenters. The minimum Gasteiger partial charge on any atom is -0.386 e. The molecule has 0 spiro atoms. The van der Waals surface area contributed by atoms with E-state index in [-0.39, 0.29) is 29.3 Å². The zero-order chi connectivity index (χ0) is 28.3. The van der Waals surface area contributed by atoms with Crippen molar-refractivity contribution in [3.8, 4) is 0 Å². The molecule has 1 aliphatic heterocycles. The Hall–Kier alpha value is -3.57. The first-order valence-electron chi connectivity index (χ1n) is 12.9. The highest BCUT2D eigenvalue weighted by molar-refractivity contribution is 6.32. The zero-order valence-electron chi connectivity index (χ0n) is 22.9. The molecule has 5 N–H and O–H groups in total. The minimum absolute atomic E-state index is 0.206. The van der Waals surface area contributed by atoms with Gasteiger partial charge in [0.1, 0.15) is 16.7 Å². The second-order valence-electron chi connectivity index (χ2n) is 11.0. The molecule has 3 heterocycles. The predicted molar refractivity (Wildman–Crippen MR) is 153 cm³/mol. The number of H-pyrrole nitrogens is 1. The summed E-state index contributed by atoms with van der Waals surface area (Å²) in [6, 6.07) is 5.19. The van der Waals surface area contributed by atoms with Crippen LogP contribution < -0.4 is 16.4 Å². The van der Waals surface area contributed by atoms with Crippen molar-refractivity contribution in [1.29, 1.82) is 0 Å². The fourth-order valence-corrected chi connectivity index (χ4v) is 4.57. The zero-order valence-corrected chi connectivity index (χ0v) is 23.7. The normalized spacial score (nSPS) is 15.4. The van der Waals surface area contributed by atoms with Crippen LogP contribution in [0.2, 0.25) is 5.02 Å². The second-order valence-corrected chi connectivity index (χ2v) is 11.4. The Morgan fingerprint density at radius 3 is 2.59 bits per heavy atom. The first-order valence-corrected chi connectivity index (χ1v) is 13.3. The molecule has 1 saturated heterocycles. The molecule has 0 bridgehead atoms. The second kappa shape index (κ2) is 11.7. The van der Waals surface area contributed by atoms with Crippen molar-refractivity contribution >= 4 is 46.6 Å². The maximum atomic E-state index is 15.2. The molecule has 1 aliphatic rings. The summed E-state index contributed by atoms with van der Waals surface area (Å²) in [6.07, 6.45) is 3.16. The van der Waals surface area contributed by atoms with Crippen LogP contribution in [0.1, 0.15) is 56.4 Å². The van der Waals surface area contributed by atoms with Gasteiger partial charge in [-0.1, -0.05) is 32.4 Å². The minimum atomic E-state index is -0.557. The Kier molecular flexibility index (Phi) is 8.51. The molecule has 1 aromatic carbocycles. The number of nitrogens with one attached hydrogen (secondary N) is 3. The van der Waals surface area contributed by atoms with Gasteiger partial charge in [-0.15, -0.1) is 0 Å².